The summed E-state index contributed by atoms with van der Waals surface area (Å²) in [6.45, 7) is 9.06. The van der Waals surface area contributed by atoms with Crippen molar-refractivity contribution in [2.24, 2.45) is 5.41 Å². The Bertz CT molecular complexity index is 286. The molecule has 1 rings (SSSR count). The monoisotopic (exact) mass is 243 g/mol. The molecule has 1 aromatic rings. The lowest BCUT2D eigenvalue weighted by atomic mass is 10.0. The third kappa shape index (κ3) is 5.57. The quantitative estimate of drug-likeness (QED) is 0.724. The molecule has 0 aromatic carbocycles. The minimum absolute atomic E-state index is 0.446. The van der Waals surface area contributed by atoms with E-state index in [9.17, 15) is 0 Å². The Morgan fingerprint density at radius 1 is 1.40 bits per heavy atom. The molecule has 0 N–H and O–H groups in total. The first kappa shape index (κ1) is 13.0. The van der Waals surface area contributed by atoms with Crippen LogP contribution in [0.4, 0.5) is 0 Å². The number of thioether (sulfide) groups is 1. The molecule has 0 aliphatic carbocycles. The maximum Gasteiger partial charge on any atom is 0.0553 e. The number of nitrogens with zero attached hydrogens (tertiary/aromatic N) is 1. The number of hydrogen-bond donors (Lipinski definition) is 0. The van der Waals surface area contributed by atoms with Gasteiger partial charge in [-0.2, -0.15) is 16.1 Å². The maximum absolute atomic E-state index is 4.45. The normalized spacial score (nSPS) is 12.0. The standard InChI is InChI=1S/C12H21NS2/c1-5-11-8-10(13-15-11)6-7-14-9-12(2,3)4/h8H,5-7,9H2,1-4H3. The van der Waals surface area contributed by atoms with Gasteiger partial charge in [-0.3, -0.25) is 0 Å². The van der Waals surface area contributed by atoms with Crippen LogP contribution < -0.4 is 0 Å². The lowest BCUT2D eigenvalue weighted by Gasteiger charge is -2.16. The molecule has 0 atom stereocenters. The first-order valence-corrected chi connectivity index (χ1v) is 7.46. The topological polar surface area (TPSA) is 12.9 Å². The van der Waals surface area contributed by atoms with Crippen molar-refractivity contribution in [1.82, 2.24) is 4.37 Å². The molecule has 15 heavy (non-hydrogen) atoms. The zero-order valence-electron chi connectivity index (χ0n) is 10.2. The number of rotatable bonds is 5. The molecular formula is C12H21NS2. The van der Waals surface area contributed by atoms with Crippen molar-refractivity contribution in [2.45, 2.75) is 40.5 Å². The molecule has 86 valence electrons. The van der Waals surface area contributed by atoms with Crippen molar-refractivity contribution in [3.05, 3.63) is 16.6 Å². The van der Waals surface area contributed by atoms with Gasteiger partial charge in [0.15, 0.2) is 0 Å². The minimum atomic E-state index is 0.446. The smallest absolute Gasteiger partial charge is 0.0553 e. The first-order valence-electron chi connectivity index (χ1n) is 5.53. The van der Waals surface area contributed by atoms with Crippen LogP contribution in [0.25, 0.3) is 0 Å². The van der Waals surface area contributed by atoms with E-state index >= 15 is 0 Å². The maximum atomic E-state index is 4.45. The van der Waals surface area contributed by atoms with Crippen LogP contribution in [0.2, 0.25) is 0 Å². The van der Waals surface area contributed by atoms with E-state index in [1.54, 1.807) is 11.5 Å². The summed E-state index contributed by atoms with van der Waals surface area (Å²) in [6.07, 6.45) is 2.24. The molecule has 0 unspecified atom stereocenters. The molecule has 0 amide bonds. The van der Waals surface area contributed by atoms with Gasteiger partial charge in [0.25, 0.3) is 0 Å². The summed E-state index contributed by atoms with van der Waals surface area (Å²) in [6, 6.07) is 2.25. The summed E-state index contributed by atoms with van der Waals surface area (Å²) < 4.78 is 4.45. The fraction of sp³-hybridized carbons (Fsp3) is 0.750. The highest BCUT2D eigenvalue weighted by Gasteiger charge is 2.09. The Hall–Kier alpha value is -0.0200. The van der Waals surface area contributed by atoms with Crippen LogP contribution in [-0.2, 0) is 12.8 Å². The van der Waals surface area contributed by atoms with E-state index in [-0.39, 0.29) is 0 Å². The molecule has 0 bridgehead atoms. The highest BCUT2D eigenvalue weighted by atomic mass is 32.2. The molecule has 0 spiro atoms. The highest BCUT2D eigenvalue weighted by Crippen LogP contribution is 2.21. The Morgan fingerprint density at radius 3 is 2.67 bits per heavy atom. The predicted octanol–water partition coefficient (Wildman–Crippen LogP) is 4.03. The summed E-state index contributed by atoms with van der Waals surface area (Å²) in [5.74, 6) is 2.43. The molecule has 0 aliphatic heterocycles. The second-order valence-electron chi connectivity index (χ2n) is 5.00. The first-order chi connectivity index (χ1) is 7.01. The molecule has 3 heteroatoms. The molecule has 0 radical (unpaired) electrons. The fourth-order valence-electron chi connectivity index (χ4n) is 1.20. The molecular weight excluding hydrogens is 222 g/mol. The van der Waals surface area contributed by atoms with Crippen molar-refractivity contribution >= 4 is 23.3 Å². The average Bonchev–Trinajstić information content (AvgIpc) is 2.59. The van der Waals surface area contributed by atoms with Crippen molar-refractivity contribution in [3.63, 3.8) is 0 Å². The van der Waals surface area contributed by atoms with Gasteiger partial charge >= 0.3 is 0 Å². The SMILES string of the molecule is CCc1cc(CCSCC(C)(C)C)ns1. The molecule has 1 aromatic heterocycles. The van der Waals surface area contributed by atoms with Crippen LogP contribution >= 0.6 is 23.3 Å². The predicted molar refractivity (Wildman–Crippen MR) is 72.0 cm³/mol. The molecule has 0 aliphatic rings. The van der Waals surface area contributed by atoms with E-state index in [1.165, 1.54) is 22.1 Å². The number of hydrogen-bond acceptors (Lipinski definition) is 3. The highest BCUT2D eigenvalue weighted by molar-refractivity contribution is 7.99. The third-order valence-corrected chi connectivity index (χ3v) is 4.52. The van der Waals surface area contributed by atoms with Crippen LogP contribution in [-0.4, -0.2) is 15.9 Å². The van der Waals surface area contributed by atoms with E-state index in [1.807, 2.05) is 11.8 Å². The number of aromatic nitrogens is 1. The lowest BCUT2D eigenvalue weighted by molar-refractivity contribution is 0.481. The molecule has 0 saturated carbocycles. The van der Waals surface area contributed by atoms with Gasteiger partial charge in [-0.15, -0.1) is 0 Å². The fourth-order valence-corrected chi connectivity index (χ4v) is 3.00. The Labute approximate surface area is 102 Å². The third-order valence-electron chi connectivity index (χ3n) is 1.99. The Balaban J connectivity index is 2.20. The van der Waals surface area contributed by atoms with Gasteiger partial charge in [-0.05, 0) is 47.4 Å². The Morgan fingerprint density at radius 2 is 2.13 bits per heavy atom. The van der Waals surface area contributed by atoms with Crippen LogP contribution in [0, 0.1) is 5.41 Å². The van der Waals surface area contributed by atoms with Gasteiger partial charge < -0.3 is 0 Å². The van der Waals surface area contributed by atoms with E-state index in [4.69, 9.17) is 0 Å². The zero-order chi connectivity index (χ0) is 11.3. The molecule has 0 saturated heterocycles. The van der Waals surface area contributed by atoms with Gasteiger partial charge in [0.05, 0.1) is 5.69 Å². The van der Waals surface area contributed by atoms with Crippen LogP contribution in [0.15, 0.2) is 6.07 Å². The van der Waals surface area contributed by atoms with Gasteiger partial charge in [0.2, 0.25) is 0 Å². The van der Waals surface area contributed by atoms with E-state index in [0.29, 0.717) is 5.41 Å². The van der Waals surface area contributed by atoms with Crippen molar-refractivity contribution < 1.29 is 0 Å². The van der Waals surface area contributed by atoms with E-state index in [2.05, 4.69) is 38.1 Å². The van der Waals surface area contributed by atoms with Gasteiger partial charge in [0.1, 0.15) is 0 Å². The minimum Gasteiger partial charge on any atom is -0.197 e. The van der Waals surface area contributed by atoms with Crippen molar-refractivity contribution in [1.29, 1.82) is 0 Å². The largest absolute Gasteiger partial charge is 0.197 e. The molecule has 1 nitrogen and oxygen atoms in total. The summed E-state index contributed by atoms with van der Waals surface area (Å²) in [5, 5.41) is 0. The summed E-state index contributed by atoms with van der Waals surface area (Å²) >= 11 is 3.69. The summed E-state index contributed by atoms with van der Waals surface area (Å²) in [4.78, 5) is 1.41. The lowest BCUT2D eigenvalue weighted by Crippen LogP contribution is -2.09. The van der Waals surface area contributed by atoms with Crippen molar-refractivity contribution in [3.8, 4) is 0 Å². The average molecular weight is 243 g/mol. The van der Waals surface area contributed by atoms with Crippen molar-refractivity contribution in [2.75, 3.05) is 11.5 Å². The van der Waals surface area contributed by atoms with Gasteiger partial charge in [-0.25, -0.2) is 0 Å². The number of aryl methyl sites for hydroxylation is 2. The summed E-state index contributed by atoms with van der Waals surface area (Å²) in [7, 11) is 0. The molecule has 1 heterocycles. The summed E-state index contributed by atoms with van der Waals surface area (Å²) in [5.41, 5.74) is 1.72. The second-order valence-corrected chi connectivity index (χ2v) is 7.00. The molecule has 0 fully saturated rings. The van der Waals surface area contributed by atoms with Gasteiger partial charge in [-0.1, -0.05) is 27.7 Å². The Kier molecular flexibility index (Phi) is 5.13. The van der Waals surface area contributed by atoms with Gasteiger partial charge in [0, 0.05) is 4.88 Å². The van der Waals surface area contributed by atoms with Crippen LogP contribution in [0.5, 0.6) is 0 Å². The van der Waals surface area contributed by atoms with E-state index in [0.717, 1.165) is 12.8 Å². The zero-order valence-corrected chi connectivity index (χ0v) is 11.8. The van der Waals surface area contributed by atoms with Crippen LogP contribution in [0.3, 0.4) is 0 Å². The van der Waals surface area contributed by atoms with E-state index < -0.39 is 0 Å². The van der Waals surface area contributed by atoms with Crippen LogP contribution in [0.1, 0.15) is 38.3 Å². The second kappa shape index (κ2) is 5.90.